The molecule has 1 aliphatic rings. The fraction of sp³-hybridized carbons (Fsp3) is 0.240. The van der Waals surface area contributed by atoms with Crippen LogP contribution in [0.3, 0.4) is 0 Å². The van der Waals surface area contributed by atoms with Crippen LogP contribution in [0.5, 0.6) is 5.75 Å². The lowest BCUT2D eigenvalue weighted by atomic mass is 10.0. The van der Waals surface area contributed by atoms with Crippen LogP contribution in [0.1, 0.15) is 22.4 Å². The van der Waals surface area contributed by atoms with Crippen LogP contribution in [-0.2, 0) is 23.0 Å². The number of ether oxygens (including phenoxy) is 1. The average Bonchev–Trinajstić information content (AvgIpc) is 3.51. The van der Waals surface area contributed by atoms with Crippen molar-refractivity contribution in [2.75, 3.05) is 26.0 Å². The zero-order chi connectivity index (χ0) is 25.6. The molecule has 0 amide bonds. The number of halogens is 1. The molecule has 0 radical (unpaired) electrons. The van der Waals surface area contributed by atoms with Crippen LogP contribution in [0.4, 0.5) is 10.3 Å². The first kappa shape index (κ1) is 23.7. The minimum atomic E-state index is -3.58. The standard InChI is InChI=1S/C25H23FN6O3S/c1-15-10-17(36(33,34)31(2)3)4-5-18(15)21-13-29-25(32-14-16(11-27)30-24(21)32)28-12-20-19-8-9-35-23(19)7-6-22(20)26/h4-7,10,13-14H,8-9,12H2,1-3H3,(H,28,29). The highest BCUT2D eigenvalue weighted by Crippen LogP contribution is 2.32. The smallest absolute Gasteiger partial charge is 0.242 e. The molecule has 0 saturated carbocycles. The molecule has 0 spiro atoms. The summed E-state index contributed by atoms with van der Waals surface area (Å²) < 4.78 is 48.0. The Hall–Kier alpha value is -4.01. The van der Waals surface area contributed by atoms with Crippen LogP contribution in [0.2, 0.25) is 0 Å². The van der Waals surface area contributed by atoms with E-state index in [1.54, 1.807) is 35.0 Å². The minimum Gasteiger partial charge on any atom is -0.493 e. The van der Waals surface area contributed by atoms with Crippen LogP contribution in [-0.4, -0.2) is 47.8 Å². The molecule has 0 atom stereocenters. The lowest BCUT2D eigenvalue weighted by molar-refractivity contribution is 0.356. The van der Waals surface area contributed by atoms with Crippen LogP contribution >= 0.6 is 0 Å². The summed E-state index contributed by atoms with van der Waals surface area (Å²) in [5, 5.41) is 12.6. The van der Waals surface area contributed by atoms with E-state index < -0.39 is 10.0 Å². The highest BCUT2D eigenvalue weighted by Gasteiger charge is 2.22. The Labute approximate surface area is 207 Å². The van der Waals surface area contributed by atoms with E-state index in [1.165, 1.54) is 26.2 Å². The summed E-state index contributed by atoms with van der Waals surface area (Å²) in [5.74, 6) is 0.751. The molecule has 36 heavy (non-hydrogen) atoms. The first-order chi connectivity index (χ1) is 17.2. The van der Waals surface area contributed by atoms with Gasteiger partial charge in [-0.05, 0) is 42.3 Å². The Kier molecular flexibility index (Phi) is 5.86. The van der Waals surface area contributed by atoms with Crippen molar-refractivity contribution < 1.29 is 17.5 Å². The van der Waals surface area contributed by atoms with Crippen LogP contribution < -0.4 is 10.1 Å². The molecule has 184 valence electrons. The van der Waals surface area contributed by atoms with E-state index >= 15 is 0 Å². The Balaban J connectivity index is 1.55. The van der Waals surface area contributed by atoms with Crippen molar-refractivity contribution in [2.24, 2.45) is 0 Å². The van der Waals surface area contributed by atoms with Gasteiger partial charge in [0.2, 0.25) is 16.0 Å². The fourth-order valence-corrected chi connectivity index (χ4v) is 5.32. The molecule has 5 rings (SSSR count). The summed E-state index contributed by atoms with van der Waals surface area (Å²) >= 11 is 0. The van der Waals surface area contributed by atoms with Crippen molar-refractivity contribution >= 4 is 21.6 Å². The lowest BCUT2D eigenvalue weighted by Crippen LogP contribution is -2.22. The molecule has 1 N–H and O–H groups in total. The van der Waals surface area contributed by atoms with E-state index in [-0.39, 0.29) is 23.0 Å². The predicted molar refractivity (Wildman–Crippen MR) is 132 cm³/mol. The molecule has 0 fully saturated rings. The van der Waals surface area contributed by atoms with Crippen molar-refractivity contribution in [3.8, 4) is 22.9 Å². The number of anilines is 1. The summed E-state index contributed by atoms with van der Waals surface area (Å²) in [6.07, 6.45) is 3.81. The second-order valence-electron chi connectivity index (χ2n) is 8.65. The SMILES string of the molecule is Cc1cc(S(=O)(=O)N(C)C)ccc1-c1cnc(NCc2c(F)ccc3c2CCO3)n2cc(C#N)nc12. The Bertz CT molecular complexity index is 1660. The maximum absolute atomic E-state index is 14.6. The van der Waals surface area contributed by atoms with Gasteiger partial charge in [0, 0.05) is 49.9 Å². The van der Waals surface area contributed by atoms with Crippen molar-refractivity contribution in [1.29, 1.82) is 5.26 Å². The van der Waals surface area contributed by atoms with Crippen LogP contribution in [0.15, 0.2) is 47.6 Å². The quantitative estimate of drug-likeness (QED) is 0.426. The number of nitrogens with zero attached hydrogens (tertiary/aromatic N) is 5. The van der Waals surface area contributed by atoms with E-state index in [0.29, 0.717) is 47.1 Å². The maximum Gasteiger partial charge on any atom is 0.242 e. The van der Waals surface area contributed by atoms with Gasteiger partial charge >= 0.3 is 0 Å². The summed E-state index contributed by atoms with van der Waals surface area (Å²) in [5.41, 5.74) is 4.09. The first-order valence-corrected chi connectivity index (χ1v) is 12.6. The van der Waals surface area contributed by atoms with E-state index in [0.717, 1.165) is 15.4 Å². The number of hydrogen-bond acceptors (Lipinski definition) is 7. The number of fused-ring (bicyclic) bond motifs is 2. The highest BCUT2D eigenvalue weighted by molar-refractivity contribution is 7.89. The fourth-order valence-electron chi connectivity index (χ4n) is 4.34. The van der Waals surface area contributed by atoms with Gasteiger partial charge in [-0.3, -0.25) is 4.40 Å². The molecule has 3 heterocycles. The number of nitrogens with one attached hydrogen (secondary N) is 1. The molecule has 9 nitrogen and oxygen atoms in total. The number of hydrogen-bond donors (Lipinski definition) is 1. The molecule has 11 heteroatoms. The topological polar surface area (TPSA) is 113 Å². The van der Waals surface area contributed by atoms with E-state index in [4.69, 9.17) is 4.74 Å². The van der Waals surface area contributed by atoms with Gasteiger partial charge in [-0.25, -0.2) is 27.1 Å². The Morgan fingerprint density at radius 3 is 2.78 bits per heavy atom. The molecule has 2 aromatic carbocycles. The Morgan fingerprint density at radius 1 is 1.25 bits per heavy atom. The molecule has 0 bridgehead atoms. The van der Waals surface area contributed by atoms with Gasteiger partial charge in [-0.15, -0.1) is 0 Å². The number of aryl methyl sites for hydroxylation is 1. The van der Waals surface area contributed by atoms with Gasteiger partial charge < -0.3 is 10.1 Å². The van der Waals surface area contributed by atoms with Gasteiger partial charge in [-0.1, -0.05) is 6.07 Å². The van der Waals surface area contributed by atoms with E-state index in [2.05, 4.69) is 15.3 Å². The Morgan fingerprint density at radius 2 is 2.06 bits per heavy atom. The van der Waals surface area contributed by atoms with Crippen molar-refractivity contribution in [1.82, 2.24) is 18.7 Å². The molecular formula is C25H23FN6O3S. The first-order valence-electron chi connectivity index (χ1n) is 11.2. The second kappa shape index (κ2) is 8.89. The summed E-state index contributed by atoms with van der Waals surface area (Å²) in [6, 6.07) is 9.92. The van der Waals surface area contributed by atoms with Crippen molar-refractivity contribution in [3.63, 3.8) is 0 Å². The normalized spacial score (nSPS) is 13.0. The molecule has 0 aliphatic carbocycles. The van der Waals surface area contributed by atoms with E-state index in [1.807, 2.05) is 13.0 Å². The molecular weight excluding hydrogens is 483 g/mol. The molecule has 2 aromatic heterocycles. The van der Waals surface area contributed by atoms with Gasteiger partial charge in [0.25, 0.3) is 0 Å². The summed E-state index contributed by atoms with van der Waals surface area (Å²) in [7, 11) is -0.624. The van der Waals surface area contributed by atoms with Gasteiger partial charge in [0.05, 0.1) is 17.7 Å². The predicted octanol–water partition coefficient (Wildman–Crippen LogP) is 3.51. The number of aromatic nitrogens is 3. The molecule has 1 aliphatic heterocycles. The lowest BCUT2D eigenvalue weighted by Gasteiger charge is -2.15. The molecule has 0 unspecified atom stereocenters. The highest BCUT2D eigenvalue weighted by atomic mass is 32.2. The van der Waals surface area contributed by atoms with Crippen molar-refractivity contribution in [3.05, 3.63) is 70.9 Å². The third-order valence-corrected chi connectivity index (χ3v) is 8.05. The summed E-state index contributed by atoms with van der Waals surface area (Å²) in [6.45, 7) is 2.50. The third-order valence-electron chi connectivity index (χ3n) is 6.24. The zero-order valence-electron chi connectivity index (χ0n) is 19.9. The number of sulfonamides is 1. The number of nitriles is 1. The zero-order valence-corrected chi connectivity index (χ0v) is 20.7. The molecule has 4 aromatic rings. The number of imidazole rings is 1. The third kappa shape index (κ3) is 3.94. The monoisotopic (exact) mass is 506 g/mol. The second-order valence-corrected chi connectivity index (χ2v) is 10.8. The number of benzene rings is 2. The van der Waals surface area contributed by atoms with Crippen molar-refractivity contribution in [2.45, 2.75) is 24.8 Å². The van der Waals surface area contributed by atoms with Crippen LogP contribution in [0, 0.1) is 24.1 Å². The van der Waals surface area contributed by atoms with Gasteiger partial charge in [-0.2, -0.15) is 5.26 Å². The molecule has 0 saturated heterocycles. The minimum absolute atomic E-state index is 0.177. The largest absolute Gasteiger partial charge is 0.493 e. The number of rotatable bonds is 6. The average molecular weight is 507 g/mol. The summed E-state index contributed by atoms with van der Waals surface area (Å²) in [4.78, 5) is 9.15. The van der Waals surface area contributed by atoms with Crippen LogP contribution in [0.25, 0.3) is 16.8 Å². The van der Waals surface area contributed by atoms with Gasteiger partial charge in [0.15, 0.2) is 11.3 Å². The van der Waals surface area contributed by atoms with Gasteiger partial charge in [0.1, 0.15) is 17.6 Å². The maximum atomic E-state index is 14.6. The van der Waals surface area contributed by atoms with E-state index in [9.17, 15) is 18.1 Å².